The van der Waals surface area contributed by atoms with Crippen molar-refractivity contribution in [2.24, 2.45) is 0 Å². The smallest absolute Gasteiger partial charge is 0.220 e. The van der Waals surface area contributed by atoms with Crippen LogP contribution in [0, 0.1) is 0 Å². The van der Waals surface area contributed by atoms with Crippen LogP contribution in [0.2, 0.25) is 0 Å². The summed E-state index contributed by atoms with van der Waals surface area (Å²) in [5.74, 6) is 0.939. The van der Waals surface area contributed by atoms with E-state index in [0.717, 1.165) is 36.2 Å². The van der Waals surface area contributed by atoms with Crippen LogP contribution in [-0.2, 0) is 11.2 Å². The topological polar surface area (TPSA) is 54.3 Å². The molecule has 1 heterocycles. The lowest BCUT2D eigenvalue weighted by Gasteiger charge is -2.05. The number of amides is 1. The highest BCUT2D eigenvalue weighted by atomic mass is 16.3. The number of hydrogen-bond acceptors (Lipinski definition) is 3. The van der Waals surface area contributed by atoms with Gasteiger partial charge < -0.3 is 15.1 Å². The van der Waals surface area contributed by atoms with Crippen molar-refractivity contribution in [2.45, 2.75) is 26.2 Å². The lowest BCUT2D eigenvalue weighted by Crippen LogP contribution is -2.32. The minimum absolute atomic E-state index is 0.0729. The highest BCUT2D eigenvalue weighted by Crippen LogP contribution is 2.19. The van der Waals surface area contributed by atoms with Crippen LogP contribution in [0.25, 0.3) is 11.0 Å². The maximum atomic E-state index is 11.7. The Kier molecular flexibility index (Phi) is 5.62. The van der Waals surface area contributed by atoms with Crippen molar-refractivity contribution >= 4 is 16.9 Å². The van der Waals surface area contributed by atoms with E-state index in [1.165, 1.54) is 0 Å². The van der Waals surface area contributed by atoms with E-state index in [-0.39, 0.29) is 5.91 Å². The van der Waals surface area contributed by atoms with E-state index in [1.54, 1.807) is 0 Å². The molecule has 1 aromatic heterocycles. The molecule has 0 unspecified atom stereocenters. The fraction of sp³-hybridized carbons (Fsp3) is 0.438. The van der Waals surface area contributed by atoms with Crippen LogP contribution in [-0.4, -0.2) is 25.5 Å². The molecule has 1 amide bonds. The standard InChI is InChI=1S/C16H22N2O2/c1-2-9-17-10-11-18-16(19)8-7-14-12-13-5-3-4-6-15(13)20-14/h3-6,12,17H,2,7-11H2,1H3,(H,18,19). The molecule has 2 N–H and O–H groups in total. The third kappa shape index (κ3) is 4.38. The van der Waals surface area contributed by atoms with Crippen molar-refractivity contribution in [1.29, 1.82) is 0 Å². The Hall–Kier alpha value is -1.81. The summed E-state index contributed by atoms with van der Waals surface area (Å²) < 4.78 is 5.68. The van der Waals surface area contributed by atoms with Crippen molar-refractivity contribution in [3.63, 3.8) is 0 Å². The summed E-state index contributed by atoms with van der Waals surface area (Å²) in [7, 11) is 0. The van der Waals surface area contributed by atoms with E-state index in [0.29, 0.717) is 19.4 Å². The van der Waals surface area contributed by atoms with Crippen molar-refractivity contribution in [3.8, 4) is 0 Å². The zero-order valence-electron chi connectivity index (χ0n) is 11.9. The number of hydrogen-bond donors (Lipinski definition) is 2. The summed E-state index contributed by atoms with van der Waals surface area (Å²) in [5.41, 5.74) is 0.881. The molecular formula is C16H22N2O2. The van der Waals surface area contributed by atoms with E-state index in [1.807, 2.05) is 30.3 Å². The molecule has 0 aliphatic heterocycles. The van der Waals surface area contributed by atoms with Gasteiger partial charge in [0.15, 0.2) is 0 Å². The SMILES string of the molecule is CCCNCCNC(=O)CCc1cc2ccccc2o1. The van der Waals surface area contributed by atoms with E-state index in [9.17, 15) is 4.79 Å². The maximum absolute atomic E-state index is 11.7. The zero-order chi connectivity index (χ0) is 14.2. The molecule has 0 saturated heterocycles. The molecule has 2 rings (SSSR count). The van der Waals surface area contributed by atoms with Gasteiger partial charge in [0.05, 0.1) is 0 Å². The summed E-state index contributed by atoms with van der Waals surface area (Å²) in [6, 6.07) is 9.90. The molecule has 108 valence electrons. The van der Waals surface area contributed by atoms with Gasteiger partial charge in [-0.2, -0.15) is 0 Å². The van der Waals surface area contributed by atoms with Crippen molar-refractivity contribution in [2.75, 3.05) is 19.6 Å². The van der Waals surface area contributed by atoms with E-state index in [4.69, 9.17) is 4.42 Å². The number of aryl methyl sites for hydroxylation is 1. The zero-order valence-corrected chi connectivity index (χ0v) is 11.9. The largest absolute Gasteiger partial charge is 0.461 e. The van der Waals surface area contributed by atoms with Gasteiger partial charge in [-0.3, -0.25) is 4.79 Å². The first-order chi connectivity index (χ1) is 9.79. The lowest BCUT2D eigenvalue weighted by molar-refractivity contribution is -0.121. The Labute approximate surface area is 119 Å². The average molecular weight is 274 g/mol. The summed E-state index contributed by atoms with van der Waals surface area (Å²) in [4.78, 5) is 11.7. The Balaban J connectivity index is 1.70. The van der Waals surface area contributed by atoms with Gasteiger partial charge >= 0.3 is 0 Å². The second-order valence-electron chi connectivity index (χ2n) is 4.85. The molecular weight excluding hydrogens is 252 g/mol. The predicted octanol–water partition coefficient (Wildman–Crippen LogP) is 2.48. The average Bonchev–Trinajstić information content (AvgIpc) is 2.88. The minimum atomic E-state index is 0.0729. The number of carbonyl (C=O) groups excluding carboxylic acids is 1. The van der Waals surface area contributed by atoms with Gasteiger partial charge in [-0.1, -0.05) is 25.1 Å². The Morgan fingerprint density at radius 3 is 2.85 bits per heavy atom. The highest BCUT2D eigenvalue weighted by Gasteiger charge is 2.06. The van der Waals surface area contributed by atoms with E-state index in [2.05, 4.69) is 17.6 Å². The third-order valence-electron chi connectivity index (χ3n) is 3.13. The van der Waals surface area contributed by atoms with E-state index >= 15 is 0 Å². The van der Waals surface area contributed by atoms with Crippen LogP contribution in [0.1, 0.15) is 25.5 Å². The summed E-state index contributed by atoms with van der Waals surface area (Å²) in [6.07, 6.45) is 2.22. The molecule has 0 aliphatic carbocycles. The van der Waals surface area contributed by atoms with Crippen LogP contribution in [0.5, 0.6) is 0 Å². The summed E-state index contributed by atoms with van der Waals surface area (Å²) in [5, 5.41) is 7.24. The molecule has 0 bridgehead atoms. The molecule has 0 saturated carbocycles. The second-order valence-corrected chi connectivity index (χ2v) is 4.85. The number of rotatable bonds is 8. The van der Waals surface area contributed by atoms with Crippen molar-refractivity contribution in [1.82, 2.24) is 10.6 Å². The number of fused-ring (bicyclic) bond motifs is 1. The Bertz CT molecular complexity index is 515. The van der Waals surface area contributed by atoms with Gasteiger partial charge in [0, 0.05) is 31.3 Å². The monoisotopic (exact) mass is 274 g/mol. The van der Waals surface area contributed by atoms with Gasteiger partial charge in [-0.15, -0.1) is 0 Å². The van der Waals surface area contributed by atoms with Crippen molar-refractivity contribution < 1.29 is 9.21 Å². The van der Waals surface area contributed by atoms with Gasteiger partial charge in [0.25, 0.3) is 0 Å². The number of nitrogens with one attached hydrogen (secondary N) is 2. The first-order valence-electron chi connectivity index (χ1n) is 7.24. The summed E-state index contributed by atoms with van der Waals surface area (Å²) >= 11 is 0. The minimum Gasteiger partial charge on any atom is -0.461 e. The first-order valence-corrected chi connectivity index (χ1v) is 7.24. The van der Waals surface area contributed by atoms with Crippen LogP contribution in [0.4, 0.5) is 0 Å². The van der Waals surface area contributed by atoms with Crippen LogP contribution < -0.4 is 10.6 Å². The molecule has 0 spiro atoms. The number of para-hydroxylation sites is 1. The van der Waals surface area contributed by atoms with Gasteiger partial charge in [0.1, 0.15) is 11.3 Å². The molecule has 4 nitrogen and oxygen atoms in total. The normalized spacial score (nSPS) is 10.8. The van der Waals surface area contributed by atoms with Gasteiger partial charge in [-0.25, -0.2) is 0 Å². The summed E-state index contributed by atoms with van der Waals surface area (Å²) in [6.45, 7) is 4.62. The first kappa shape index (κ1) is 14.6. The van der Waals surface area contributed by atoms with Gasteiger partial charge in [-0.05, 0) is 25.1 Å². The number of benzene rings is 1. The van der Waals surface area contributed by atoms with E-state index < -0.39 is 0 Å². The fourth-order valence-electron chi connectivity index (χ4n) is 2.08. The lowest BCUT2D eigenvalue weighted by atomic mass is 10.2. The molecule has 0 atom stereocenters. The van der Waals surface area contributed by atoms with Crippen LogP contribution in [0.15, 0.2) is 34.7 Å². The molecule has 4 heteroatoms. The van der Waals surface area contributed by atoms with Crippen molar-refractivity contribution in [3.05, 3.63) is 36.1 Å². The molecule has 0 fully saturated rings. The number of carbonyl (C=O) groups is 1. The Morgan fingerprint density at radius 2 is 2.05 bits per heavy atom. The highest BCUT2D eigenvalue weighted by molar-refractivity contribution is 5.78. The number of furan rings is 1. The van der Waals surface area contributed by atoms with Crippen LogP contribution >= 0.6 is 0 Å². The second kappa shape index (κ2) is 7.70. The molecule has 20 heavy (non-hydrogen) atoms. The Morgan fingerprint density at radius 1 is 1.20 bits per heavy atom. The van der Waals surface area contributed by atoms with Gasteiger partial charge in [0.2, 0.25) is 5.91 Å². The third-order valence-corrected chi connectivity index (χ3v) is 3.13. The van der Waals surface area contributed by atoms with Crippen LogP contribution in [0.3, 0.4) is 0 Å². The molecule has 0 aliphatic rings. The molecule has 2 aromatic rings. The fourth-order valence-corrected chi connectivity index (χ4v) is 2.08. The molecule has 1 aromatic carbocycles. The maximum Gasteiger partial charge on any atom is 0.220 e. The molecule has 0 radical (unpaired) electrons. The predicted molar refractivity (Wildman–Crippen MR) is 80.7 cm³/mol. The quantitative estimate of drug-likeness (QED) is 0.727.